The van der Waals surface area contributed by atoms with Gasteiger partial charge in [0.15, 0.2) is 12.4 Å². The zero-order chi connectivity index (χ0) is 16.4. The Bertz CT molecular complexity index is 419. The molecule has 1 unspecified atom stereocenters. The van der Waals surface area contributed by atoms with E-state index in [4.69, 9.17) is 10.1 Å². The highest BCUT2D eigenvalue weighted by Gasteiger charge is 2.24. The van der Waals surface area contributed by atoms with Crippen LogP contribution in [-0.4, -0.2) is 48.6 Å². The highest BCUT2D eigenvalue weighted by molar-refractivity contribution is 6.26. The van der Waals surface area contributed by atoms with Gasteiger partial charge in [0.1, 0.15) is 6.04 Å². The van der Waals surface area contributed by atoms with E-state index in [1.165, 1.54) is 0 Å². The Morgan fingerprint density at radius 1 is 1.24 bits per heavy atom. The summed E-state index contributed by atoms with van der Waals surface area (Å²) in [5, 5.41) is 9.13. The van der Waals surface area contributed by atoms with Crippen LogP contribution in [0.3, 0.4) is 0 Å². The van der Waals surface area contributed by atoms with Gasteiger partial charge in [-0.05, 0) is 20.3 Å². The van der Waals surface area contributed by atoms with Crippen LogP contribution in [0.4, 0.5) is 0 Å². The molecule has 2 N–H and O–H groups in total. The second-order valence-electron chi connectivity index (χ2n) is 4.54. The molecule has 1 atom stereocenters. The minimum atomic E-state index is -1.03. The third-order valence-electron chi connectivity index (χ3n) is 2.22. The van der Waals surface area contributed by atoms with Gasteiger partial charge in [0.05, 0.1) is 12.3 Å². The molecule has 8 nitrogen and oxygen atoms in total. The van der Waals surface area contributed by atoms with E-state index in [0.717, 1.165) is 6.92 Å². The van der Waals surface area contributed by atoms with Crippen LogP contribution in [0.5, 0.6) is 0 Å². The molecule has 0 aromatic rings. The van der Waals surface area contributed by atoms with Crippen LogP contribution in [0, 0.1) is 5.41 Å². The number of Topliss-reactive ketones (excluding diaryl/α,β-unsaturated/α-hetero) is 1. The molecule has 118 valence electrons. The Kier molecular flexibility index (Phi) is 8.59. The van der Waals surface area contributed by atoms with E-state index in [-0.39, 0.29) is 18.9 Å². The van der Waals surface area contributed by atoms with E-state index in [9.17, 15) is 19.2 Å². The maximum Gasteiger partial charge on any atom is 0.328 e. The first-order chi connectivity index (χ1) is 9.76. The van der Waals surface area contributed by atoms with Crippen molar-refractivity contribution < 1.29 is 28.7 Å². The molecule has 0 aliphatic carbocycles. The summed E-state index contributed by atoms with van der Waals surface area (Å²) in [7, 11) is 0. The van der Waals surface area contributed by atoms with Gasteiger partial charge >= 0.3 is 11.9 Å². The smallest absolute Gasteiger partial charge is 0.328 e. The number of amides is 1. The van der Waals surface area contributed by atoms with Crippen LogP contribution in [0.1, 0.15) is 33.6 Å². The summed E-state index contributed by atoms with van der Waals surface area (Å²) >= 11 is 0. The van der Waals surface area contributed by atoms with E-state index in [1.54, 1.807) is 13.8 Å². The van der Waals surface area contributed by atoms with Gasteiger partial charge in [-0.25, -0.2) is 4.79 Å². The number of nitrogens with one attached hydrogen (secondary N) is 2. The molecule has 0 aromatic carbocycles. The molecule has 0 saturated heterocycles. The summed E-state index contributed by atoms with van der Waals surface area (Å²) in [4.78, 5) is 45.0. The molecule has 8 heteroatoms. The summed E-state index contributed by atoms with van der Waals surface area (Å²) in [5.74, 6) is -2.44. The van der Waals surface area contributed by atoms with Crippen molar-refractivity contribution in [3.05, 3.63) is 0 Å². The first kappa shape index (κ1) is 18.8. The molecule has 0 rings (SSSR count). The molecule has 0 saturated carbocycles. The fourth-order valence-electron chi connectivity index (χ4n) is 1.33. The van der Waals surface area contributed by atoms with Gasteiger partial charge in [-0.1, -0.05) is 0 Å². The van der Waals surface area contributed by atoms with Gasteiger partial charge in [0.2, 0.25) is 0 Å². The van der Waals surface area contributed by atoms with E-state index in [1.807, 2.05) is 0 Å². The normalized spacial score (nSPS) is 11.4. The molecule has 0 aromatic heterocycles. The van der Waals surface area contributed by atoms with Crippen LogP contribution >= 0.6 is 0 Å². The van der Waals surface area contributed by atoms with Crippen molar-refractivity contribution in [2.75, 3.05) is 6.61 Å². The molecule has 0 bridgehead atoms. The van der Waals surface area contributed by atoms with Crippen molar-refractivity contribution in [1.29, 1.82) is 5.41 Å². The van der Waals surface area contributed by atoms with Gasteiger partial charge in [0.25, 0.3) is 5.91 Å². The first-order valence-electron chi connectivity index (χ1n) is 6.42. The molecule has 1 amide bonds. The largest absolute Gasteiger partial charge is 0.461 e. The van der Waals surface area contributed by atoms with Gasteiger partial charge in [-0.2, -0.15) is 0 Å². The molecule has 0 spiro atoms. The lowest BCUT2D eigenvalue weighted by Crippen LogP contribution is -2.44. The summed E-state index contributed by atoms with van der Waals surface area (Å²) in [6.45, 7) is 3.94. The minimum absolute atomic E-state index is 0.00553. The third-order valence-corrected chi connectivity index (χ3v) is 2.22. The van der Waals surface area contributed by atoms with Crippen molar-refractivity contribution in [2.45, 2.75) is 45.8 Å². The van der Waals surface area contributed by atoms with Crippen molar-refractivity contribution in [3.63, 3.8) is 0 Å². The topological polar surface area (TPSA) is 123 Å². The zero-order valence-corrected chi connectivity index (χ0v) is 12.3. The molecule has 21 heavy (non-hydrogen) atoms. The van der Waals surface area contributed by atoms with Gasteiger partial charge < -0.3 is 20.2 Å². The first-order valence-corrected chi connectivity index (χ1v) is 6.42. The number of rotatable bonds is 9. The van der Waals surface area contributed by atoms with Gasteiger partial charge in [-0.3, -0.25) is 14.4 Å². The van der Waals surface area contributed by atoms with Crippen molar-refractivity contribution in [1.82, 2.24) is 5.32 Å². The maximum atomic E-state index is 11.8. The molecule has 0 heterocycles. The predicted octanol–water partition coefficient (Wildman–Crippen LogP) is -0.0152. The van der Waals surface area contributed by atoms with Gasteiger partial charge in [0, 0.05) is 13.3 Å². The average Bonchev–Trinajstić information content (AvgIpc) is 2.39. The zero-order valence-electron chi connectivity index (χ0n) is 12.3. The second-order valence-corrected chi connectivity index (χ2v) is 4.54. The summed E-state index contributed by atoms with van der Waals surface area (Å²) < 4.78 is 9.48. The van der Waals surface area contributed by atoms with Crippen LogP contribution < -0.4 is 5.32 Å². The standard InChI is InChI=1S/C13H20N2O6/c1-8(2)21-13(19)11(5-4-10(17)6-14)15-12(18)7-20-9(3)16/h6,8,11,14H,4-5,7H2,1-3H3,(H,15,18). The highest BCUT2D eigenvalue weighted by atomic mass is 16.5. The Hall–Kier alpha value is -2.25. The lowest BCUT2D eigenvalue weighted by molar-refractivity contribution is -0.153. The van der Waals surface area contributed by atoms with E-state index in [2.05, 4.69) is 10.1 Å². The SMILES string of the molecule is CC(=O)OCC(=O)NC(CCC(=O)C=N)C(=O)OC(C)C. The fraction of sp³-hybridized carbons (Fsp3) is 0.615. The summed E-state index contributed by atoms with van der Waals surface area (Å²) in [6, 6.07) is -1.03. The highest BCUT2D eigenvalue weighted by Crippen LogP contribution is 2.03. The van der Waals surface area contributed by atoms with Crippen molar-refractivity contribution >= 4 is 29.8 Å². The average molecular weight is 300 g/mol. The second kappa shape index (κ2) is 9.62. The number of hydrogen-bond acceptors (Lipinski definition) is 7. The van der Waals surface area contributed by atoms with Crippen LogP contribution in [-0.2, 0) is 28.7 Å². The number of hydrogen-bond donors (Lipinski definition) is 2. The van der Waals surface area contributed by atoms with E-state index in [0.29, 0.717) is 6.21 Å². The number of carbonyl (C=O) groups excluding carboxylic acids is 4. The third kappa shape index (κ3) is 9.31. The van der Waals surface area contributed by atoms with E-state index < -0.39 is 36.3 Å². The minimum Gasteiger partial charge on any atom is -0.461 e. The molecule has 0 aliphatic rings. The van der Waals surface area contributed by atoms with E-state index >= 15 is 0 Å². The molecule has 0 radical (unpaired) electrons. The number of carbonyl (C=O) groups is 4. The van der Waals surface area contributed by atoms with Crippen molar-refractivity contribution in [3.8, 4) is 0 Å². The lowest BCUT2D eigenvalue weighted by atomic mass is 10.1. The summed E-state index contributed by atoms with van der Waals surface area (Å²) in [6.07, 6.45) is 0.204. The van der Waals surface area contributed by atoms with Gasteiger partial charge in [-0.15, -0.1) is 0 Å². The monoisotopic (exact) mass is 300 g/mol. The Balaban J connectivity index is 4.59. The Morgan fingerprint density at radius 2 is 1.86 bits per heavy atom. The fourth-order valence-corrected chi connectivity index (χ4v) is 1.33. The Morgan fingerprint density at radius 3 is 2.33 bits per heavy atom. The van der Waals surface area contributed by atoms with Crippen LogP contribution in [0.25, 0.3) is 0 Å². The van der Waals surface area contributed by atoms with Crippen LogP contribution in [0.2, 0.25) is 0 Å². The predicted molar refractivity (Wildman–Crippen MR) is 72.8 cm³/mol. The molecular formula is C13H20N2O6. The number of ether oxygens (including phenoxy) is 2. The van der Waals surface area contributed by atoms with Crippen molar-refractivity contribution in [2.24, 2.45) is 0 Å². The number of ketones is 1. The summed E-state index contributed by atoms with van der Waals surface area (Å²) in [5.41, 5.74) is 0. The molecule has 0 aliphatic heterocycles. The Labute approximate surface area is 122 Å². The quantitative estimate of drug-likeness (QED) is 0.456. The lowest BCUT2D eigenvalue weighted by Gasteiger charge is -2.18. The molecule has 0 fully saturated rings. The number of esters is 2. The van der Waals surface area contributed by atoms with Crippen LogP contribution in [0.15, 0.2) is 0 Å². The maximum absolute atomic E-state index is 11.8. The molecular weight excluding hydrogens is 280 g/mol.